The van der Waals surface area contributed by atoms with Gasteiger partial charge in [-0.15, -0.1) is 0 Å². The van der Waals surface area contributed by atoms with Crippen molar-refractivity contribution in [3.8, 4) is 0 Å². The van der Waals surface area contributed by atoms with Gasteiger partial charge in [0.05, 0.1) is 0 Å². The van der Waals surface area contributed by atoms with Gasteiger partial charge in [-0.05, 0) is 38.1 Å². The van der Waals surface area contributed by atoms with Crippen LogP contribution in [0.1, 0.15) is 58.8 Å². The van der Waals surface area contributed by atoms with Crippen molar-refractivity contribution in [3.05, 3.63) is 0 Å². The van der Waals surface area contributed by atoms with Crippen molar-refractivity contribution in [2.75, 3.05) is 13.1 Å². The molecule has 0 radical (unpaired) electrons. The number of hydrogen-bond acceptors (Lipinski definition) is 2. The van der Waals surface area contributed by atoms with Crippen LogP contribution in [0.2, 0.25) is 0 Å². The van der Waals surface area contributed by atoms with Crippen LogP contribution in [0.4, 0.5) is 0 Å². The highest BCUT2D eigenvalue weighted by molar-refractivity contribution is 4.87. The van der Waals surface area contributed by atoms with Gasteiger partial charge >= 0.3 is 0 Å². The Bertz CT molecular complexity index is 160. The Morgan fingerprint density at radius 3 is 2.53 bits per heavy atom. The van der Waals surface area contributed by atoms with E-state index < -0.39 is 0 Å². The Morgan fingerprint density at radius 2 is 2.07 bits per heavy atom. The van der Waals surface area contributed by atoms with Crippen LogP contribution < -0.4 is 11.1 Å². The minimum Gasteiger partial charge on any atom is -0.329 e. The van der Waals surface area contributed by atoms with E-state index >= 15 is 0 Å². The molecule has 2 heteroatoms. The van der Waals surface area contributed by atoms with Crippen LogP contribution in [-0.4, -0.2) is 18.6 Å². The molecule has 1 fully saturated rings. The van der Waals surface area contributed by atoms with Crippen molar-refractivity contribution in [1.82, 2.24) is 5.32 Å². The van der Waals surface area contributed by atoms with E-state index in [0.717, 1.165) is 25.4 Å². The first kappa shape index (κ1) is 13.0. The molecule has 1 saturated carbocycles. The Labute approximate surface area is 95.0 Å². The summed E-state index contributed by atoms with van der Waals surface area (Å²) in [5.41, 5.74) is 6.12. The maximum atomic E-state index is 5.90. The SMILES string of the molecule is CCCC(CC)(CN)NCCCC1CC1. The normalized spacial score (nSPS) is 20.2. The molecule has 0 aliphatic heterocycles. The van der Waals surface area contributed by atoms with Crippen molar-refractivity contribution in [2.45, 2.75) is 64.3 Å². The number of rotatable bonds is 9. The zero-order valence-electron chi connectivity index (χ0n) is 10.5. The van der Waals surface area contributed by atoms with E-state index in [1.807, 2.05) is 0 Å². The van der Waals surface area contributed by atoms with Gasteiger partial charge in [0, 0.05) is 12.1 Å². The minimum absolute atomic E-state index is 0.221. The first-order valence-electron chi connectivity index (χ1n) is 6.71. The van der Waals surface area contributed by atoms with E-state index in [-0.39, 0.29) is 5.54 Å². The fourth-order valence-corrected chi connectivity index (χ4v) is 2.34. The van der Waals surface area contributed by atoms with Gasteiger partial charge in [-0.25, -0.2) is 0 Å². The molecule has 0 aromatic rings. The summed E-state index contributed by atoms with van der Waals surface area (Å²) >= 11 is 0. The lowest BCUT2D eigenvalue weighted by molar-refractivity contribution is 0.293. The van der Waals surface area contributed by atoms with Crippen LogP contribution >= 0.6 is 0 Å². The molecule has 0 aromatic heterocycles. The fourth-order valence-electron chi connectivity index (χ4n) is 2.34. The summed E-state index contributed by atoms with van der Waals surface area (Å²) in [5.74, 6) is 1.06. The highest BCUT2D eigenvalue weighted by Crippen LogP contribution is 2.33. The van der Waals surface area contributed by atoms with Gasteiger partial charge in [0.15, 0.2) is 0 Å². The van der Waals surface area contributed by atoms with Crippen LogP contribution in [-0.2, 0) is 0 Å². The molecule has 1 aliphatic carbocycles. The van der Waals surface area contributed by atoms with E-state index in [1.54, 1.807) is 0 Å². The summed E-state index contributed by atoms with van der Waals surface area (Å²) in [6.07, 6.45) is 9.29. The van der Waals surface area contributed by atoms with Crippen molar-refractivity contribution in [1.29, 1.82) is 0 Å². The highest BCUT2D eigenvalue weighted by Gasteiger charge is 2.25. The highest BCUT2D eigenvalue weighted by atomic mass is 15.0. The molecular formula is C13H28N2. The molecule has 1 unspecified atom stereocenters. The molecule has 0 amide bonds. The van der Waals surface area contributed by atoms with Crippen LogP contribution in [0, 0.1) is 5.92 Å². The smallest absolute Gasteiger partial charge is 0.0301 e. The van der Waals surface area contributed by atoms with Gasteiger partial charge in [-0.3, -0.25) is 0 Å². The second-order valence-corrected chi connectivity index (χ2v) is 5.10. The molecule has 90 valence electrons. The molecule has 1 aliphatic rings. The summed E-state index contributed by atoms with van der Waals surface area (Å²) in [4.78, 5) is 0. The van der Waals surface area contributed by atoms with E-state index in [2.05, 4.69) is 19.2 Å². The van der Waals surface area contributed by atoms with Gasteiger partial charge < -0.3 is 11.1 Å². The summed E-state index contributed by atoms with van der Waals surface area (Å²) in [6, 6.07) is 0. The predicted molar refractivity (Wildman–Crippen MR) is 66.9 cm³/mol. The molecular weight excluding hydrogens is 184 g/mol. The van der Waals surface area contributed by atoms with Crippen LogP contribution in [0.25, 0.3) is 0 Å². The molecule has 0 heterocycles. The third kappa shape index (κ3) is 4.52. The molecule has 3 N–H and O–H groups in total. The van der Waals surface area contributed by atoms with E-state index in [9.17, 15) is 0 Å². The Balaban J connectivity index is 2.16. The van der Waals surface area contributed by atoms with Crippen molar-refractivity contribution < 1.29 is 0 Å². The molecule has 15 heavy (non-hydrogen) atoms. The maximum absolute atomic E-state index is 5.90. The molecule has 0 bridgehead atoms. The topological polar surface area (TPSA) is 38.0 Å². The van der Waals surface area contributed by atoms with Crippen molar-refractivity contribution >= 4 is 0 Å². The molecule has 1 atom stereocenters. The van der Waals surface area contributed by atoms with Crippen LogP contribution in [0.5, 0.6) is 0 Å². The number of nitrogens with two attached hydrogens (primary N) is 1. The molecule has 0 aromatic carbocycles. The zero-order valence-corrected chi connectivity index (χ0v) is 10.5. The largest absolute Gasteiger partial charge is 0.329 e. The first-order chi connectivity index (χ1) is 7.26. The Hall–Kier alpha value is -0.0800. The Morgan fingerprint density at radius 1 is 1.33 bits per heavy atom. The lowest BCUT2D eigenvalue weighted by atomic mass is 9.90. The summed E-state index contributed by atoms with van der Waals surface area (Å²) in [6.45, 7) is 6.42. The van der Waals surface area contributed by atoms with Crippen LogP contribution in [0.15, 0.2) is 0 Å². The third-order valence-corrected chi connectivity index (χ3v) is 3.78. The zero-order chi connectivity index (χ0) is 11.1. The molecule has 0 saturated heterocycles. The van der Waals surface area contributed by atoms with E-state index in [1.165, 1.54) is 38.5 Å². The van der Waals surface area contributed by atoms with E-state index in [4.69, 9.17) is 5.73 Å². The predicted octanol–water partition coefficient (Wildman–Crippen LogP) is 2.67. The fraction of sp³-hybridized carbons (Fsp3) is 1.00. The van der Waals surface area contributed by atoms with Gasteiger partial charge in [0.25, 0.3) is 0 Å². The first-order valence-corrected chi connectivity index (χ1v) is 6.71. The van der Waals surface area contributed by atoms with Gasteiger partial charge in [-0.1, -0.05) is 33.1 Å². The van der Waals surface area contributed by atoms with Crippen molar-refractivity contribution in [2.24, 2.45) is 11.7 Å². The van der Waals surface area contributed by atoms with Gasteiger partial charge in [0.2, 0.25) is 0 Å². The average Bonchev–Trinajstić information content (AvgIpc) is 3.07. The Kier molecular flexibility index (Phi) is 5.62. The maximum Gasteiger partial charge on any atom is 0.0301 e. The third-order valence-electron chi connectivity index (χ3n) is 3.78. The summed E-state index contributed by atoms with van der Waals surface area (Å²) in [7, 11) is 0. The molecule has 2 nitrogen and oxygen atoms in total. The number of hydrogen-bond donors (Lipinski definition) is 2. The van der Waals surface area contributed by atoms with Gasteiger partial charge in [-0.2, -0.15) is 0 Å². The lowest BCUT2D eigenvalue weighted by Crippen LogP contribution is -2.51. The molecule has 1 rings (SSSR count). The monoisotopic (exact) mass is 212 g/mol. The quantitative estimate of drug-likeness (QED) is 0.577. The average molecular weight is 212 g/mol. The van der Waals surface area contributed by atoms with E-state index in [0.29, 0.717) is 0 Å². The summed E-state index contributed by atoms with van der Waals surface area (Å²) in [5, 5.41) is 3.69. The standard InChI is InChI=1S/C13H28N2/c1-3-9-13(4-2,11-14)15-10-5-6-12-7-8-12/h12,15H,3-11,14H2,1-2H3. The number of nitrogens with one attached hydrogen (secondary N) is 1. The van der Waals surface area contributed by atoms with Crippen molar-refractivity contribution in [3.63, 3.8) is 0 Å². The second-order valence-electron chi connectivity index (χ2n) is 5.10. The van der Waals surface area contributed by atoms with Gasteiger partial charge in [0.1, 0.15) is 0 Å². The van der Waals surface area contributed by atoms with Crippen LogP contribution in [0.3, 0.4) is 0 Å². The minimum atomic E-state index is 0.221. The second kappa shape index (κ2) is 6.49. The lowest BCUT2D eigenvalue weighted by Gasteiger charge is -2.32. The summed E-state index contributed by atoms with van der Waals surface area (Å²) < 4.78 is 0. The molecule has 0 spiro atoms.